The molecule has 34 heavy (non-hydrogen) atoms. The van der Waals surface area contributed by atoms with E-state index in [0.717, 1.165) is 24.9 Å². The third kappa shape index (κ3) is 23.7. The van der Waals surface area contributed by atoms with Crippen LogP contribution in [0.15, 0.2) is 0 Å². The second-order valence-electron chi connectivity index (χ2n) is 11.6. The molecule has 206 valence electrons. The minimum absolute atomic E-state index is 0.512. The van der Waals surface area contributed by atoms with Crippen LogP contribution < -0.4 is 0 Å². The lowest BCUT2D eigenvalue weighted by Crippen LogP contribution is -2.20. The molecule has 0 bridgehead atoms. The second-order valence-corrected chi connectivity index (χ2v) is 11.6. The van der Waals surface area contributed by atoms with Crippen LogP contribution in [0.25, 0.3) is 0 Å². The fourth-order valence-corrected chi connectivity index (χ4v) is 5.58. The van der Waals surface area contributed by atoms with Gasteiger partial charge in [-0.15, -0.1) is 0 Å². The van der Waals surface area contributed by atoms with Crippen molar-refractivity contribution in [2.24, 2.45) is 11.8 Å². The van der Waals surface area contributed by atoms with E-state index in [-0.39, 0.29) is 0 Å². The van der Waals surface area contributed by atoms with Gasteiger partial charge in [0, 0.05) is 6.61 Å². The normalized spacial score (nSPS) is 14.4. The molecular weight excluding hydrogens is 412 g/mol. The van der Waals surface area contributed by atoms with E-state index in [0.29, 0.717) is 6.10 Å². The van der Waals surface area contributed by atoms with Crippen LogP contribution in [0.2, 0.25) is 0 Å². The predicted octanol–water partition coefficient (Wildman–Crippen LogP) is 12.1. The highest BCUT2D eigenvalue weighted by molar-refractivity contribution is 4.71. The van der Waals surface area contributed by atoms with Crippen molar-refractivity contribution in [2.45, 2.75) is 195 Å². The molecule has 0 saturated heterocycles. The van der Waals surface area contributed by atoms with Crippen LogP contribution in [0.1, 0.15) is 189 Å². The molecule has 0 radical (unpaired) electrons. The molecule has 0 N–H and O–H groups in total. The van der Waals surface area contributed by atoms with Gasteiger partial charge in [0.05, 0.1) is 6.10 Å². The summed E-state index contributed by atoms with van der Waals surface area (Å²) in [5.74, 6) is 1.76. The summed E-state index contributed by atoms with van der Waals surface area (Å²) in [5, 5.41) is 0. The SMILES string of the molecule is CCCCCCCCC(C)CC(CCCCCCCC)CC(CCCCCCCC)OCCC. The molecule has 0 aromatic carbocycles. The molecule has 0 aliphatic rings. The number of unbranched alkanes of at least 4 members (excludes halogenated alkanes) is 15. The van der Waals surface area contributed by atoms with Gasteiger partial charge in [-0.05, 0) is 37.5 Å². The van der Waals surface area contributed by atoms with Gasteiger partial charge in [-0.25, -0.2) is 0 Å². The van der Waals surface area contributed by atoms with Gasteiger partial charge in [0.2, 0.25) is 0 Å². The molecule has 0 spiro atoms. The van der Waals surface area contributed by atoms with Crippen molar-refractivity contribution in [1.29, 1.82) is 0 Å². The van der Waals surface area contributed by atoms with Crippen LogP contribution in [-0.2, 0) is 4.74 Å². The molecular formula is C33H68O. The Bertz CT molecular complexity index is 366. The van der Waals surface area contributed by atoms with Crippen molar-refractivity contribution in [3.8, 4) is 0 Å². The van der Waals surface area contributed by atoms with Crippen molar-refractivity contribution in [3.63, 3.8) is 0 Å². The molecule has 0 aromatic rings. The highest BCUT2D eigenvalue weighted by Crippen LogP contribution is 2.29. The molecule has 0 heterocycles. The lowest BCUT2D eigenvalue weighted by atomic mass is 9.84. The average molecular weight is 481 g/mol. The van der Waals surface area contributed by atoms with Crippen LogP contribution in [0.3, 0.4) is 0 Å². The number of rotatable bonds is 28. The topological polar surface area (TPSA) is 9.23 Å². The second kappa shape index (κ2) is 27.5. The first-order valence-electron chi connectivity index (χ1n) is 16.3. The van der Waals surface area contributed by atoms with Crippen LogP contribution in [0.5, 0.6) is 0 Å². The molecule has 3 unspecified atom stereocenters. The average Bonchev–Trinajstić information content (AvgIpc) is 2.83. The fraction of sp³-hybridized carbons (Fsp3) is 1.00. The van der Waals surface area contributed by atoms with E-state index in [1.807, 2.05) is 0 Å². The van der Waals surface area contributed by atoms with Crippen LogP contribution >= 0.6 is 0 Å². The van der Waals surface area contributed by atoms with Gasteiger partial charge in [0.15, 0.2) is 0 Å². The zero-order valence-electron chi connectivity index (χ0n) is 24.8. The van der Waals surface area contributed by atoms with Crippen molar-refractivity contribution in [1.82, 2.24) is 0 Å². The van der Waals surface area contributed by atoms with E-state index in [2.05, 4.69) is 34.6 Å². The smallest absolute Gasteiger partial charge is 0.0577 e. The summed E-state index contributed by atoms with van der Waals surface area (Å²) in [5.41, 5.74) is 0. The van der Waals surface area contributed by atoms with Gasteiger partial charge >= 0.3 is 0 Å². The summed E-state index contributed by atoms with van der Waals surface area (Å²) in [4.78, 5) is 0. The van der Waals surface area contributed by atoms with Crippen LogP contribution in [-0.4, -0.2) is 12.7 Å². The molecule has 0 fully saturated rings. The van der Waals surface area contributed by atoms with Crippen molar-refractivity contribution in [2.75, 3.05) is 6.61 Å². The Kier molecular flexibility index (Phi) is 27.5. The summed E-state index contributed by atoms with van der Waals surface area (Å²) in [6.45, 7) is 12.7. The fourth-order valence-electron chi connectivity index (χ4n) is 5.58. The summed E-state index contributed by atoms with van der Waals surface area (Å²) in [7, 11) is 0. The third-order valence-electron chi connectivity index (χ3n) is 7.79. The Balaban J connectivity index is 4.56. The summed E-state index contributed by atoms with van der Waals surface area (Å²) in [6.07, 6.45) is 34.1. The van der Waals surface area contributed by atoms with Gasteiger partial charge in [-0.2, -0.15) is 0 Å². The van der Waals surface area contributed by atoms with Gasteiger partial charge in [0.25, 0.3) is 0 Å². The lowest BCUT2D eigenvalue weighted by molar-refractivity contribution is 0.0252. The van der Waals surface area contributed by atoms with E-state index >= 15 is 0 Å². The van der Waals surface area contributed by atoms with Gasteiger partial charge in [-0.1, -0.05) is 163 Å². The summed E-state index contributed by atoms with van der Waals surface area (Å²) in [6, 6.07) is 0. The highest BCUT2D eigenvalue weighted by Gasteiger charge is 2.19. The van der Waals surface area contributed by atoms with Crippen molar-refractivity contribution >= 4 is 0 Å². The first-order valence-corrected chi connectivity index (χ1v) is 16.3. The molecule has 0 rings (SSSR count). The lowest BCUT2D eigenvalue weighted by Gasteiger charge is -2.26. The maximum atomic E-state index is 6.43. The van der Waals surface area contributed by atoms with E-state index in [9.17, 15) is 0 Å². The van der Waals surface area contributed by atoms with Gasteiger partial charge in [-0.3, -0.25) is 0 Å². The van der Waals surface area contributed by atoms with E-state index in [4.69, 9.17) is 4.74 Å². The van der Waals surface area contributed by atoms with Gasteiger partial charge < -0.3 is 4.74 Å². The Hall–Kier alpha value is -0.0400. The Morgan fingerprint density at radius 1 is 0.441 bits per heavy atom. The van der Waals surface area contributed by atoms with Crippen molar-refractivity contribution < 1.29 is 4.74 Å². The molecule has 1 nitrogen and oxygen atoms in total. The zero-order valence-corrected chi connectivity index (χ0v) is 24.8. The first-order chi connectivity index (χ1) is 16.7. The Morgan fingerprint density at radius 2 is 0.882 bits per heavy atom. The number of hydrogen-bond donors (Lipinski definition) is 0. The zero-order chi connectivity index (χ0) is 25.1. The van der Waals surface area contributed by atoms with E-state index in [1.165, 1.54) is 148 Å². The standard InChI is InChI=1S/C33H68O/c1-6-10-13-16-19-22-25-31(5)29-32(26-23-20-17-14-11-7-2)30-33(34-28-9-4)27-24-21-18-15-12-8-3/h31-33H,6-30H2,1-5H3. The van der Waals surface area contributed by atoms with Crippen LogP contribution in [0.4, 0.5) is 0 Å². The van der Waals surface area contributed by atoms with Crippen molar-refractivity contribution in [3.05, 3.63) is 0 Å². The number of ether oxygens (including phenoxy) is 1. The predicted molar refractivity (Wildman–Crippen MR) is 156 cm³/mol. The third-order valence-corrected chi connectivity index (χ3v) is 7.79. The van der Waals surface area contributed by atoms with Crippen LogP contribution in [0, 0.1) is 11.8 Å². The molecule has 0 aromatic heterocycles. The largest absolute Gasteiger partial charge is 0.378 e. The first kappa shape index (κ1) is 34.0. The summed E-state index contributed by atoms with van der Waals surface area (Å²) >= 11 is 0. The maximum Gasteiger partial charge on any atom is 0.0577 e. The maximum absolute atomic E-state index is 6.43. The highest BCUT2D eigenvalue weighted by atomic mass is 16.5. The quantitative estimate of drug-likeness (QED) is 0.101. The molecule has 0 amide bonds. The van der Waals surface area contributed by atoms with E-state index in [1.54, 1.807) is 0 Å². The molecule has 0 saturated carbocycles. The van der Waals surface area contributed by atoms with E-state index < -0.39 is 0 Å². The monoisotopic (exact) mass is 481 g/mol. The minimum Gasteiger partial charge on any atom is -0.378 e. The number of hydrogen-bond acceptors (Lipinski definition) is 1. The molecule has 1 heteroatoms. The molecule has 3 atom stereocenters. The summed E-state index contributed by atoms with van der Waals surface area (Å²) < 4.78 is 6.43. The Labute approximate surface area is 218 Å². The molecule has 0 aliphatic carbocycles. The molecule has 0 aliphatic heterocycles. The Morgan fingerprint density at radius 3 is 1.38 bits per heavy atom. The minimum atomic E-state index is 0.512. The van der Waals surface area contributed by atoms with Gasteiger partial charge in [0.1, 0.15) is 0 Å².